The van der Waals surface area contributed by atoms with Gasteiger partial charge in [0.15, 0.2) is 5.92 Å². The summed E-state index contributed by atoms with van der Waals surface area (Å²) in [4.78, 5) is 12.4. The van der Waals surface area contributed by atoms with E-state index >= 15 is 0 Å². The predicted molar refractivity (Wildman–Crippen MR) is 83.1 cm³/mol. The fourth-order valence-corrected chi connectivity index (χ4v) is 3.48. The number of carbonyl (C=O) groups excluding carboxylic acids is 1. The lowest BCUT2D eigenvalue weighted by Gasteiger charge is -2.46. The van der Waals surface area contributed by atoms with Crippen LogP contribution < -0.4 is 0 Å². The van der Waals surface area contributed by atoms with Crippen LogP contribution in [0.2, 0.25) is 0 Å². The Bertz CT molecular complexity index is 606. The molecule has 124 valence electrons. The second kappa shape index (κ2) is 6.67. The molecule has 0 N–H and O–H groups in total. The number of ether oxygens (including phenoxy) is 2. The van der Waals surface area contributed by atoms with E-state index in [1.54, 1.807) is 19.1 Å². The molecule has 1 aliphatic rings. The Morgan fingerprint density at radius 1 is 1.43 bits per heavy atom. The molecule has 4 nitrogen and oxygen atoms in total. The summed E-state index contributed by atoms with van der Waals surface area (Å²) in [5, 5.41) is 9.66. The minimum Gasteiger partial charge on any atom is -0.465 e. The van der Waals surface area contributed by atoms with E-state index < -0.39 is 22.9 Å². The number of hydrogen-bond acceptors (Lipinski definition) is 4. The van der Waals surface area contributed by atoms with E-state index in [-0.39, 0.29) is 12.4 Å². The van der Waals surface area contributed by atoms with E-state index in [9.17, 15) is 14.4 Å². The number of benzene rings is 1. The Morgan fingerprint density at radius 3 is 2.61 bits per heavy atom. The van der Waals surface area contributed by atoms with Gasteiger partial charge in [-0.05, 0) is 51.3 Å². The highest BCUT2D eigenvalue weighted by molar-refractivity contribution is 5.77. The van der Waals surface area contributed by atoms with E-state index in [0.29, 0.717) is 19.4 Å². The molecule has 23 heavy (non-hydrogen) atoms. The molecule has 5 heteroatoms. The van der Waals surface area contributed by atoms with Crippen molar-refractivity contribution in [3.8, 4) is 6.07 Å². The molecule has 2 unspecified atom stereocenters. The molecule has 1 aromatic rings. The number of esters is 1. The molecular weight excluding hydrogens is 297 g/mol. The highest BCUT2D eigenvalue weighted by Crippen LogP contribution is 2.47. The lowest BCUT2D eigenvalue weighted by molar-refractivity contribution is -0.153. The van der Waals surface area contributed by atoms with Crippen molar-refractivity contribution in [2.45, 2.75) is 44.6 Å². The van der Waals surface area contributed by atoms with Crippen molar-refractivity contribution in [3.63, 3.8) is 0 Å². The van der Waals surface area contributed by atoms with Gasteiger partial charge >= 0.3 is 5.97 Å². The number of halogens is 1. The maximum Gasteiger partial charge on any atom is 0.324 e. The molecule has 0 amide bonds. The summed E-state index contributed by atoms with van der Waals surface area (Å²) in [5.74, 6) is -1.83. The van der Waals surface area contributed by atoms with Crippen molar-refractivity contribution >= 4 is 5.97 Å². The summed E-state index contributed by atoms with van der Waals surface area (Å²) in [6.07, 6.45) is 1.00. The lowest BCUT2D eigenvalue weighted by Crippen LogP contribution is -2.50. The largest absolute Gasteiger partial charge is 0.465 e. The first-order chi connectivity index (χ1) is 10.8. The zero-order valence-electron chi connectivity index (χ0n) is 13.8. The summed E-state index contributed by atoms with van der Waals surface area (Å²) in [5.41, 5.74) is -0.445. The van der Waals surface area contributed by atoms with Crippen LogP contribution in [0.1, 0.15) is 39.2 Å². The Hall–Kier alpha value is -1.93. The van der Waals surface area contributed by atoms with Gasteiger partial charge in [0.2, 0.25) is 0 Å². The quantitative estimate of drug-likeness (QED) is 0.799. The van der Waals surface area contributed by atoms with Crippen LogP contribution in [0, 0.1) is 23.1 Å². The SMILES string of the molecule is CCOC(=O)C(C#N)C1(c2ccc(F)cc2)CCOC(C)(C)C1. The molecule has 2 rings (SSSR count). The van der Waals surface area contributed by atoms with Gasteiger partial charge in [-0.3, -0.25) is 4.79 Å². The molecule has 0 saturated carbocycles. The summed E-state index contributed by atoms with van der Waals surface area (Å²) in [6.45, 7) is 6.23. The zero-order valence-corrected chi connectivity index (χ0v) is 13.8. The van der Waals surface area contributed by atoms with Crippen LogP contribution in [0.4, 0.5) is 4.39 Å². The smallest absolute Gasteiger partial charge is 0.324 e. The van der Waals surface area contributed by atoms with Crippen LogP contribution in [-0.2, 0) is 19.7 Å². The van der Waals surface area contributed by atoms with E-state index in [1.165, 1.54) is 12.1 Å². The van der Waals surface area contributed by atoms with Crippen molar-refractivity contribution in [1.29, 1.82) is 5.26 Å². The average molecular weight is 319 g/mol. The maximum atomic E-state index is 13.3. The third kappa shape index (κ3) is 3.53. The predicted octanol–water partition coefficient (Wildman–Crippen LogP) is 3.36. The van der Waals surface area contributed by atoms with E-state index in [0.717, 1.165) is 5.56 Å². The topological polar surface area (TPSA) is 59.3 Å². The summed E-state index contributed by atoms with van der Waals surface area (Å²) < 4.78 is 24.2. The summed E-state index contributed by atoms with van der Waals surface area (Å²) in [6, 6.07) is 8.15. The van der Waals surface area contributed by atoms with Gasteiger partial charge in [-0.15, -0.1) is 0 Å². The van der Waals surface area contributed by atoms with Gasteiger partial charge in [0, 0.05) is 12.0 Å². The first-order valence-electron chi connectivity index (χ1n) is 7.81. The standard InChI is InChI=1S/C18H22FNO3/c1-4-22-16(21)15(11-20)18(9-10-23-17(2,3)12-18)13-5-7-14(19)8-6-13/h5-8,15H,4,9-10,12H2,1-3H3. The molecule has 1 fully saturated rings. The second-order valence-electron chi connectivity index (χ2n) is 6.51. The van der Waals surface area contributed by atoms with Gasteiger partial charge in [0.25, 0.3) is 0 Å². The molecule has 0 aromatic heterocycles. The Labute approximate surface area is 136 Å². The van der Waals surface area contributed by atoms with Crippen molar-refractivity contribution in [2.75, 3.05) is 13.2 Å². The Morgan fingerprint density at radius 2 is 2.09 bits per heavy atom. The van der Waals surface area contributed by atoms with Crippen molar-refractivity contribution in [1.82, 2.24) is 0 Å². The molecule has 2 atom stereocenters. The highest BCUT2D eigenvalue weighted by atomic mass is 19.1. The first kappa shape index (κ1) is 17.4. The molecule has 0 spiro atoms. The molecule has 1 aliphatic heterocycles. The fraction of sp³-hybridized carbons (Fsp3) is 0.556. The minimum absolute atomic E-state index is 0.219. The molecule has 0 aliphatic carbocycles. The van der Waals surface area contributed by atoms with Gasteiger partial charge in [0.1, 0.15) is 5.82 Å². The van der Waals surface area contributed by atoms with E-state index in [2.05, 4.69) is 6.07 Å². The van der Waals surface area contributed by atoms with Gasteiger partial charge in [-0.1, -0.05) is 12.1 Å². The number of nitriles is 1. The van der Waals surface area contributed by atoms with Gasteiger partial charge in [0.05, 0.1) is 18.3 Å². The van der Waals surface area contributed by atoms with E-state index in [1.807, 2.05) is 13.8 Å². The summed E-state index contributed by atoms with van der Waals surface area (Å²) in [7, 11) is 0. The van der Waals surface area contributed by atoms with Crippen LogP contribution in [0.5, 0.6) is 0 Å². The Balaban J connectivity index is 2.52. The number of nitrogens with zero attached hydrogens (tertiary/aromatic N) is 1. The fourth-order valence-electron chi connectivity index (χ4n) is 3.48. The average Bonchev–Trinajstić information content (AvgIpc) is 2.47. The number of hydrogen-bond donors (Lipinski definition) is 0. The first-order valence-corrected chi connectivity index (χ1v) is 7.81. The van der Waals surface area contributed by atoms with Gasteiger partial charge in [-0.25, -0.2) is 4.39 Å². The van der Waals surface area contributed by atoms with Crippen molar-refractivity contribution < 1.29 is 18.7 Å². The molecule has 0 radical (unpaired) electrons. The second-order valence-corrected chi connectivity index (χ2v) is 6.51. The van der Waals surface area contributed by atoms with Gasteiger partial charge in [-0.2, -0.15) is 5.26 Å². The number of rotatable bonds is 4. The van der Waals surface area contributed by atoms with Crippen LogP contribution in [0.3, 0.4) is 0 Å². The molecule has 1 saturated heterocycles. The number of carbonyl (C=O) groups is 1. The van der Waals surface area contributed by atoms with Crippen LogP contribution in [0.15, 0.2) is 24.3 Å². The summed E-state index contributed by atoms with van der Waals surface area (Å²) >= 11 is 0. The zero-order chi connectivity index (χ0) is 17.1. The molecule has 1 heterocycles. The minimum atomic E-state index is -0.948. The van der Waals surface area contributed by atoms with Crippen LogP contribution >= 0.6 is 0 Å². The lowest BCUT2D eigenvalue weighted by atomic mass is 9.62. The van der Waals surface area contributed by atoms with Crippen LogP contribution in [-0.4, -0.2) is 24.8 Å². The van der Waals surface area contributed by atoms with E-state index in [4.69, 9.17) is 9.47 Å². The Kier molecular flexibility index (Phi) is 5.06. The monoisotopic (exact) mass is 319 g/mol. The molecule has 1 aromatic carbocycles. The van der Waals surface area contributed by atoms with Crippen LogP contribution in [0.25, 0.3) is 0 Å². The molecular formula is C18H22FNO3. The third-order valence-corrected chi connectivity index (χ3v) is 4.41. The van der Waals surface area contributed by atoms with Crippen molar-refractivity contribution in [3.05, 3.63) is 35.6 Å². The molecule has 0 bridgehead atoms. The maximum absolute atomic E-state index is 13.3. The third-order valence-electron chi connectivity index (χ3n) is 4.41. The highest BCUT2D eigenvalue weighted by Gasteiger charge is 2.51. The van der Waals surface area contributed by atoms with Gasteiger partial charge < -0.3 is 9.47 Å². The normalized spacial score (nSPS) is 24.5. The van der Waals surface area contributed by atoms with Crippen molar-refractivity contribution in [2.24, 2.45) is 5.92 Å².